The molecule has 2 aromatic rings. The zero-order chi connectivity index (χ0) is 20.6. The molecule has 2 aliphatic rings. The van der Waals surface area contributed by atoms with Crippen LogP contribution in [0.15, 0.2) is 36.5 Å². The third-order valence-corrected chi connectivity index (χ3v) is 6.49. The Morgan fingerprint density at radius 3 is 2.66 bits per heavy atom. The Morgan fingerprint density at radius 2 is 2.03 bits per heavy atom. The molecule has 0 radical (unpaired) electrons. The lowest BCUT2D eigenvalue weighted by Gasteiger charge is -2.33. The van der Waals surface area contributed by atoms with Crippen molar-refractivity contribution in [3.05, 3.63) is 58.4 Å². The van der Waals surface area contributed by atoms with Gasteiger partial charge in [-0.3, -0.25) is 9.78 Å². The van der Waals surface area contributed by atoms with Crippen molar-refractivity contribution in [1.29, 1.82) is 5.26 Å². The van der Waals surface area contributed by atoms with Crippen LogP contribution in [-0.2, 0) is 5.60 Å². The third kappa shape index (κ3) is 3.45. The van der Waals surface area contributed by atoms with Crippen LogP contribution in [0.3, 0.4) is 0 Å². The van der Waals surface area contributed by atoms with E-state index in [1.165, 1.54) is 0 Å². The van der Waals surface area contributed by atoms with Crippen LogP contribution in [0.1, 0.15) is 47.8 Å². The van der Waals surface area contributed by atoms with Gasteiger partial charge in [0, 0.05) is 37.1 Å². The molecule has 1 aromatic carbocycles. The monoisotopic (exact) mass is 410 g/mol. The van der Waals surface area contributed by atoms with Crippen molar-refractivity contribution in [2.45, 2.75) is 37.8 Å². The van der Waals surface area contributed by atoms with Gasteiger partial charge < -0.3 is 14.9 Å². The first kappa shape index (κ1) is 19.7. The van der Waals surface area contributed by atoms with Crippen molar-refractivity contribution in [2.75, 3.05) is 24.5 Å². The zero-order valence-corrected chi connectivity index (χ0v) is 17.1. The molecule has 0 aliphatic carbocycles. The van der Waals surface area contributed by atoms with Crippen LogP contribution in [0.4, 0.5) is 5.69 Å². The smallest absolute Gasteiger partial charge is 0.272 e. The summed E-state index contributed by atoms with van der Waals surface area (Å²) >= 11 is 6.19. The van der Waals surface area contributed by atoms with Crippen LogP contribution in [0.25, 0.3) is 0 Å². The van der Waals surface area contributed by atoms with E-state index in [1.54, 1.807) is 24.4 Å². The number of benzene rings is 1. The first-order valence-corrected chi connectivity index (χ1v) is 10.3. The number of anilines is 1. The maximum Gasteiger partial charge on any atom is 0.272 e. The molecule has 0 saturated carbocycles. The van der Waals surface area contributed by atoms with Gasteiger partial charge in [-0.2, -0.15) is 5.26 Å². The maximum atomic E-state index is 12.5. The summed E-state index contributed by atoms with van der Waals surface area (Å²) < 4.78 is 0. The van der Waals surface area contributed by atoms with Crippen LogP contribution in [-0.4, -0.2) is 46.6 Å². The molecule has 0 unspecified atom stereocenters. The van der Waals surface area contributed by atoms with Crippen LogP contribution >= 0.6 is 11.6 Å². The Balaban J connectivity index is 1.55. The quantitative estimate of drug-likeness (QED) is 0.839. The number of likely N-dealkylation sites (tertiary alicyclic amines) is 1. The minimum Gasteiger partial charge on any atom is -0.383 e. The Labute approximate surface area is 175 Å². The molecule has 29 heavy (non-hydrogen) atoms. The topological polar surface area (TPSA) is 80.5 Å². The first-order valence-electron chi connectivity index (χ1n) is 9.88. The van der Waals surface area contributed by atoms with Gasteiger partial charge in [0.2, 0.25) is 0 Å². The van der Waals surface area contributed by atoms with Gasteiger partial charge in [0.1, 0.15) is 17.4 Å². The second-order valence-electron chi connectivity index (χ2n) is 7.75. The molecule has 2 saturated heterocycles. The van der Waals surface area contributed by atoms with Crippen molar-refractivity contribution in [3.63, 3.8) is 0 Å². The molecule has 2 atom stereocenters. The van der Waals surface area contributed by atoms with Gasteiger partial charge in [-0.1, -0.05) is 17.7 Å². The largest absolute Gasteiger partial charge is 0.383 e. The number of aliphatic hydroxyl groups is 1. The van der Waals surface area contributed by atoms with Gasteiger partial charge in [-0.15, -0.1) is 0 Å². The van der Waals surface area contributed by atoms with E-state index >= 15 is 0 Å². The average Bonchev–Trinajstić information content (AvgIpc) is 3.37. The van der Waals surface area contributed by atoms with Crippen molar-refractivity contribution in [1.82, 2.24) is 9.88 Å². The van der Waals surface area contributed by atoms with Crippen molar-refractivity contribution >= 4 is 23.2 Å². The summed E-state index contributed by atoms with van der Waals surface area (Å²) in [5.41, 5.74) is 1.33. The number of halogens is 1. The maximum absolute atomic E-state index is 12.5. The van der Waals surface area contributed by atoms with E-state index in [4.69, 9.17) is 16.9 Å². The lowest BCUT2D eigenvalue weighted by atomic mass is 9.88. The number of hydrogen-bond donors (Lipinski definition) is 1. The minimum absolute atomic E-state index is 0.0469. The second kappa shape index (κ2) is 7.66. The van der Waals surface area contributed by atoms with Crippen LogP contribution < -0.4 is 4.90 Å². The van der Waals surface area contributed by atoms with Crippen LogP contribution in [0, 0.1) is 11.3 Å². The van der Waals surface area contributed by atoms with Gasteiger partial charge in [0.05, 0.1) is 16.6 Å². The molecule has 6 nitrogen and oxygen atoms in total. The summed E-state index contributed by atoms with van der Waals surface area (Å²) in [4.78, 5) is 20.8. The van der Waals surface area contributed by atoms with E-state index in [2.05, 4.69) is 16.0 Å². The Kier molecular flexibility index (Phi) is 5.20. The summed E-state index contributed by atoms with van der Waals surface area (Å²) in [6.45, 7) is 4.17. The number of carbonyl (C=O) groups is 1. The zero-order valence-electron chi connectivity index (χ0n) is 16.3. The number of rotatable bonds is 3. The molecule has 3 heterocycles. The van der Waals surface area contributed by atoms with Gasteiger partial charge >= 0.3 is 0 Å². The van der Waals surface area contributed by atoms with E-state index in [0.717, 1.165) is 31.6 Å². The van der Waals surface area contributed by atoms with Gasteiger partial charge in [0.15, 0.2) is 0 Å². The lowest BCUT2D eigenvalue weighted by molar-refractivity contribution is 0.0326. The number of amides is 1. The normalized spacial score (nSPS) is 24.0. The number of carbonyl (C=O) groups excluding carboxylic acids is 1. The SMILES string of the molecule is C[C@@H]1N(c2ccc(C#N)c(Cl)c2)CC[C@@]1(O)c1ccc(C(=O)N2CCCC2)nc1. The Bertz CT molecular complexity index is 966. The van der Waals surface area contributed by atoms with Gasteiger partial charge in [-0.05, 0) is 50.5 Å². The average molecular weight is 411 g/mol. The molecular formula is C22H23ClN4O2. The number of pyridine rings is 1. The molecule has 150 valence electrons. The van der Waals surface area contributed by atoms with Crippen LogP contribution in [0.5, 0.6) is 0 Å². The Morgan fingerprint density at radius 1 is 1.28 bits per heavy atom. The summed E-state index contributed by atoms with van der Waals surface area (Å²) in [7, 11) is 0. The lowest BCUT2D eigenvalue weighted by Crippen LogP contribution is -2.40. The predicted octanol–water partition coefficient (Wildman–Crippen LogP) is 3.33. The van der Waals surface area contributed by atoms with Crippen molar-refractivity contribution in [2.24, 2.45) is 0 Å². The van der Waals surface area contributed by atoms with E-state index < -0.39 is 5.60 Å². The highest BCUT2D eigenvalue weighted by Crippen LogP contribution is 2.40. The second-order valence-corrected chi connectivity index (χ2v) is 8.16. The van der Waals surface area contributed by atoms with E-state index in [1.807, 2.05) is 24.0 Å². The molecule has 1 N–H and O–H groups in total. The highest BCUT2D eigenvalue weighted by molar-refractivity contribution is 6.32. The third-order valence-electron chi connectivity index (χ3n) is 6.17. The fourth-order valence-electron chi connectivity index (χ4n) is 4.32. The predicted molar refractivity (Wildman–Crippen MR) is 111 cm³/mol. The van der Waals surface area contributed by atoms with Gasteiger partial charge in [-0.25, -0.2) is 0 Å². The number of nitriles is 1. The van der Waals surface area contributed by atoms with E-state index in [0.29, 0.717) is 34.8 Å². The minimum atomic E-state index is -1.08. The molecule has 7 heteroatoms. The van der Waals surface area contributed by atoms with Crippen LogP contribution in [0.2, 0.25) is 5.02 Å². The fraction of sp³-hybridized carbons (Fsp3) is 0.409. The number of hydrogen-bond acceptors (Lipinski definition) is 5. The van der Waals surface area contributed by atoms with Crippen molar-refractivity contribution < 1.29 is 9.90 Å². The molecule has 2 fully saturated rings. The van der Waals surface area contributed by atoms with E-state index in [9.17, 15) is 9.90 Å². The molecule has 2 aliphatic heterocycles. The molecule has 0 spiro atoms. The Hall–Kier alpha value is -2.62. The summed E-state index contributed by atoms with van der Waals surface area (Å²) in [5.74, 6) is -0.0469. The number of nitrogens with zero attached hydrogens (tertiary/aromatic N) is 4. The van der Waals surface area contributed by atoms with Crippen molar-refractivity contribution in [3.8, 4) is 6.07 Å². The summed E-state index contributed by atoms with van der Waals surface area (Å²) in [6, 6.07) is 10.7. The molecule has 1 amide bonds. The molecule has 0 bridgehead atoms. The first-order chi connectivity index (χ1) is 13.9. The molecule has 4 rings (SSSR count). The molecule has 1 aromatic heterocycles. The van der Waals surface area contributed by atoms with Gasteiger partial charge in [0.25, 0.3) is 5.91 Å². The molecular weight excluding hydrogens is 388 g/mol. The summed E-state index contributed by atoms with van der Waals surface area (Å²) in [6.07, 6.45) is 4.23. The highest BCUT2D eigenvalue weighted by atomic mass is 35.5. The highest BCUT2D eigenvalue weighted by Gasteiger charge is 2.45. The standard InChI is InChI=1S/C22H23ClN4O2/c1-15-22(29,8-11-27(15)18-6-4-16(13-24)19(23)12-18)17-5-7-20(25-14-17)21(28)26-9-2-3-10-26/h4-7,12,14-15,29H,2-3,8-11H2,1H3/t15-,22-/m0/s1. The summed E-state index contributed by atoms with van der Waals surface area (Å²) in [5, 5.41) is 20.9. The van der Waals surface area contributed by atoms with E-state index in [-0.39, 0.29) is 11.9 Å². The number of aromatic nitrogens is 1. The fourth-order valence-corrected chi connectivity index (χ4v) is 4.54.